The molecule has 0 radical (unpaired) electrons. The van der Waals surface area contributed by atoms with E-state index in [1.54, 1.807) is 24.3 Å². The number of ether oxygens (including phenoxy) is 2. The number of benzene rings is 1. The lowest BCUT2D eigenvalue weighted by molar-refractivity contribution is -0.134. The summed E-state index contributed by atoms with van der Waals surface area (Å²) in [5.41, 5.74) is 0.799. The molecule has 0 aromatic heterocycles. The van der Waals surface area contributed by atoms with Gasteiger partial charge in [0.25, 0.3) is 0 Å². The van der Waals surface area contributed by atoms with Crippen LogP contribution in [0.3, 0.4) is 0 Å². The lowest BCUT2D eigenvalue weighted by atomic mass is 10.2. The van der Waals surface area contributed by atoms with E-state index in [0.29, 0.717) is 23.2 Å². The van der Waals surface area contributed by atoms with Crippen LogP contribution in [0, 0.1) is 0 Å². The van der Waals surface area contributed by atoms with Gasteiger partial charge in [-0.1, -0.05) is 17.8 Å². The van der Waals surface area contributed by atoms with Crippen molar-refractivity contribution in [2.75, 3.05) is 12.5 Å². The predicted molar refractivity (Wildman–Crippen MR) is 65.8 cm³/mol. The zero-order chi connectivity index (χ0) is 12.3. The van der Waals surface area contributed by atoms with Gasteiger partial charge in [-0.05, 0) is 30.7 Å². The molecular formula is C12H12O4S. The quantitative estimate of drug-likeness (QED) is 0.661. The Kier molecular flexibility index (Phi) is 3.58. The Labute approximate surface area is 103 Å². The van der Waals surface area contributed by atoms with Gasteiger partial charge in [-0.2, -0.15) is 0 Å². The van der Waals surface area contributed by atoms with Gasteiger partial charge >= 0.3 is 5.97 Å². The first-order valence-electron chi connectivity index (χ1n) is 5.18. The number of hydrogen-bond donors (Lipinski definition) is 1. The van der Waals surface area contributed by atoms with Gasteiger partial charge in [-0.3, -0.25) is 0 Å². The van der Waals surface area contributed by atoms with E-state index in [2.05, 4.69) is 0 Å². The summed E-state index contributed by atoms with van der Waals surface area (Å²) in [6.07, 6.45) is 1.72. The molecule has 1 aliphatic rings. The summed E-state index contributed by atoms with van der Waals surface area (Å²) in [6.45, 7) is 2.32. The van der Waals surface area contributed by atoms with Crippen LogP contribution in [0.4, 0.5) is 0 Å². The second-order valence-electron chi connectivity index (χ2n) is 3.36. The lowest BCUT2D eigenvalue weighted by Crippen LogP contribution is -1.94. The summed E-state index contributed by atoms with van der Waals surface area (Å²) < 4.78 is 10.1. The molecule has 90 valence electrons. The molecule has 1 aromatic rings. The molecule has 0 spiro atoms. The van der Waals surface area contributed by atoms with Crippen molar-refractivity contribution < 1.29 is 19.4 Å². The summed E-state index contributed by atoms with van der Waals surface area (Å²) >= 11 is 1.35. The topological polar surface area (TPSA) is 55.8 Å². The number of phenolic OH excluding ortho intramolecular Hbond substituents is 1. The maximum Gasteiger partial charge on any atom is 0.345 e. The number of phenols is 1. The zero-order valence-electron chi connectivity index (χ0n) is 9.30. The normalized spacial score (nSPS) is 17.2. The Morgan fingerprint density at radius 1 is 1.59 bits per heavy atom. The average Bonchev–Trinajstić information content (AvgIpc) is 2.70. The minimum Gasteiger partial charge on any atom is -0.504 e. The predicted octanol–water partition coefficient (Wildman–Crippen LogP) is 2.38. The molecular weight excluding hydrogens is 240 g/mol. The highest BCUT2D eigenvalue weighted by Gasteiger charge is 2.19. The van der Waals surface area contributed by atoms with E-state index in [1.165, 1.54) is 11.8 Å². The highest BCUT2D eigenvalue weighted by molar-refractivity contribution is 8.04. The van der Waals surface area contributed by atoms with E-state index in [9.17, 15) is 9.90 Å². The van der Waals surface area contributed by atoms with Crippen molar-refractivity contribution in [1.82, 2.24) is 0 Å². The van der Waals surface area contributed by atoms with Crippen LogP contribution in [0.5, 0.6) is 11.5 Å². The number of carbonyl (C=O) groups excluding carboxylic acids is 1. The third kappa shape index (κ3) is 2.74. The van der Waals surface area contributed by atoms with Gasteiger partial charge in [0.05, 0.1) is 11.5 Å². The summed E-state index contributed by atoms with van der Waals surface area (Å²) in [6, 6.07) is 4.96. The third-order valence-electron chi connectivity index (χ3n) is 2.19. The van der Waals surface area contributed by atoms with Crippen molar-refractivity contribution >= 4 is 23.8 Å². The molecule has 0 aliphatic carbocycles. The Morgan fingerprint density at radius 2 is 2.41 bits per heavy atom. The van der Waals surface area contributed by atoms with E-state index < -0.39 is 0 Å². The third-order valence-corrected chi connectivity index (χ3v) is 3.02. The fraction of sp³-hybridized carbons (Fsp3) is 0.250. The standard InChI is InChI=1S/C12H12O4S/c1-2-15-10-5-8(3-4-9(10)13)6-11-12(14)16-7-17-11/h3-6,13H,2,7H2,1H3. The van der Waals surface area contributed by atoms with Crippen LogP contribution in [-0.2, 0) is 9.53 Å². The summed E-state index contributed by atoms with van der Waals surface area (Å²) in [5, 5.41) is 9.54. The molecule has 1 aromatic carbocycles. The Hall–Kier alpha value is -1.62. The number of rotatable bonds is 3. The Bertz CT molecular complexity index is 468. The monoisotopic (exact) mass is 252 g/mol. The van der Waals surface area contributed by atoms with Crippen LogP contribution in [-0.4, -0.2) is 23.6 Å². The van der Waals surface area contributed by atoms with Crippen molar-refractivity contribution in [1.29, 1.82) is 0 Å². The summed E-state index contributed by atoms with van der Waals surface area (Å²) in [7, 11) is 0. The summed E-state index contributed by atoms with van der Waals surface area (Å²) in [4.78, 5) is 11.8. The SMILES string of the molecule is CCOc1cc(C=C2SCOC2=O)ccc1O. The maximum absolute atomic E-state index is 11.3. The number of hydrogen-bond acceptors (Lipinski definition) is 5. The fourth-order valence-electron chi connectivity index (χ4n) is 1.42. The van der Waals surface area contributed by atoms with Gasteiger partial charge in [0.2, 0.25) is 0 Å². The largest absolute Gasteiger partial charge is 0.504 e. The molecule has 2 rings (SSSR count). The van der Waals surface area contributed by atoms with Gasteiger partial charge in [0, 0.05) is 0 Å². The number of aromatic hydroxyl groups is 1. The molecule has 4 nitrogen and oxygen atoms in total. The Balaban J connectivity index is 2.27. The average molecular weight is 252 g/mol. The van der Waals surface area contributed by atoms with E-state index in [4.69, 9.17) is 9.47 Å². The van der Waals surface area contributed by atoms with E-state index in [-0.39, 0.29) is 11.7 Å². The molecule has 0 amide bonds. The number of esters is 1. The van der Waals surface area contributed by atoms with Gasteiger partial charge < -0.3 is 14.6 Å². The van der Waals surface area contributed by atoms with Crippen molar-refractivity contribution in [3.63, 3.8) is 0 Å². The molecule has 1 aliphatic heterocycles. The van der Waals surface area contributed by atoms with Crippen LogP contribution >= 0.6 is 11.8 Å². The first-order chi connectivity index (χ1) is 8.20. The first-order valence-corrected chi connectivity index (χ1v) is 6.16. The highest BCUT2D eigenvalue weighted by Crippen LogP contribution is 2.31. The highest BCUT2D eigenvalue weighted by atomic mass is 32.2. The maximum atomic E-state index is 11.3. The van der Waals surface area contributed by atoms with E-state index in [1.807, 2.05) is 6.92 Å². The molecule has 5 heteroatoms. The van der Waals surface area contributed by atoms with Gasteiger partial charge in [0.1, 0.15) is 5.94 Å². The minimum atomic E-state index is -0.305. The van der Waals surface area contributed by atoms with Gasteiger partial charge in [-0.25, -0.2) is 4.79 Å². The van der Waals surface area contributed by atoms with Crippen LogP contribution in [0.1, 0.15) is 12.5 Å². The van der Waals surface area contributed by atoms with Crippen molar-refractivity contribution in [2.45, 2.75) is 6.92 Å². The minimum absolute atomic E-state index is 0.0932. The van der Waals surface area contributed by atoms with Crippen LogP contribution < -0.4 is 4.74 Å². The second-order valence-corrected chi connectivity index (χ2v) is 4.33. The zero-order valence-corrected chi connectivity index (χ0v) is 10.1. The van der Waals surface area contributed by atoms with Crippen molar-refractivity contribution in [3.05, 3.63) is 28.7 Å². The molecule has 1 fully saturated rings. The summed E-state index contributed by atoms with van der Waals surface area (Å²) in [5.74, 6) is 0.566. The number of cyclic esters (lactones) is 1. The second kappa shape index (κ2) is 5.14. The molecule has 0 atom stereocenters. The number of carbonyl (C=O) groups is 1. The van der Waals surface area contributed by atoms with Crippen LogP contribution in [0.2, 0.25) is 0 Å². The van der Waals surface area contributed by atoms with E-state index >= 15 is 0 Å². The van der Waals surface area contributed by atoms with Gasteiger partial charge in [0.15, 0.2) is 11.5 Å². The first kappa shape index (κ1) is 11.9. The van der Waals surface area contributed by atoms with Crippen molar-refractivity contribution in [2.24, 2.45) is 0 Å². The van der Waals surface area contributed by atoms with Crippen LogP contribution in [0.25, 0.3) is 6.08 Å². The van der Waals surface area contributed by atoms with Crippen molar-refractivity contribution in [3.8, 4) is 11.5 Å². The van der Waals surface area contributed by atoms with Crippen LogP contribution in [0.15, 0.2) is 23.1 Å². The Morgan fingerprint density at radius 3 is 3.06 bits per heavy atom. The molecule has 0 saturated carbocycles. The fourth-order valence-corrected chi connectivity index (χ4v) is 2.11. The molecule has 17 heavy (non-hydrogen) atoms. The molecule has 1 saturated heterocycles. The molecule has 0 unspecified atom stereocenters. The molecule has 1 heterocycles. The lowest BCUT2D eigenvalue weighted by Gasteiger charge is -2.06. The smallest absolute Gasteiger partial charge is 0.345 e. The molecule has 0 bridgehead atoms. The number of thioether (sulfide) groups is 1. The van der Waals surface area contributed by atoms with Gasteiger partial charge in [-0.15, -0.1) is 0 Å². The molecule has 1 N–H and O–H groups in total. The van der Waals surface area contributed by atoms with E-state index in [0.717, 1.165) is 5.56 Å².